The Morgan fingerprint density at radius 3 is 2.29 bits per heavy atom. The van der Waals surface area contributed by atoms with Crippen LogP contribution in [-0.4, -0.2) is 8.42 Å². The summed E-state index contributed by atoms with van der Waals surface area (Å²) in [6, 6.07) is 6.65. The number of sulfonamides is 1. The predicted molar refractivity (Wildman–Crippen MR) is 82.5 cm³/mol. The van der Waals surface area contributed by atoms with E-state index in [9.17, 15) is 8.42 Å². The van der Waals surface area contributed by atoms with Gasteiger partial charge in [-0.05, 0) is 51.0 Å². The minimum Gasteiger partial charge on any atom is -0.465 e. The summed E-state index contributed by atoms with van der Waals surface area (Å²) in [4.78, 5) is 0.137. The maximum atomic E-state index is 12.6. The fourth-order valence-electron chi connectivity index (χ4n) is 2.20. The average molecular weight is 308 g/mol. The van der Waals surface area contributed by atoms with E-state index in [-0.39, 0.29) is 10.6 Å². The van der Waals surface area contributed by atoms with Crippen molar-refractivity contribution in [3.8, 4) is 0 Å². The summed E-state index contributed by atoms with van der Waals surface area (Å²) in [7, 11) is -3.72. The van der Waals surface area contributed by atoms with Gasteiger partial charge in [0.2, 0.25) is 10.0 Å². The Morgan fingerprint density at radius 1 is 1.10 bits per heavy atom. The Hall–Kier alpha value is -1.79. The van der Waals surface area contributed by atoms with Crippen molar-refractivity contribution in [1.29, 1.82) is 0 Å². The summed E-state index contributed by atoms with van der Waals surface area (Å²) in [6.07, 6.45) is 0. The molecule has 21 heavy (non-hydrogen) atoms. The molecule has 0 bridgehead atoms. The molecule has 0 radical (unpaired) electrons. The number of benzene rings is 1. The summed E-state index contributed by atoms with van der Waals surface area (Å²) in [6.45, 7) is 7.06. The van der Waals surface area contributed by atoms with E-state index in [4.69, 9.17) is 10.2 Å². The van der Waals surface area contributed by atoms with E-state index in [1.807, 2.05) is 13.0 Å². The van der Waals surface area contributed by atoms with Crippen LogP contribution >= 0.6 is 0 Å². The number of furan rings is 1. The fourth-order valence-corrected chi connectivity index (χ4v) is 3.84. The molecule has 0 aliphatic carbocycles. The third-order valence-corrected chi connectivity index (χ3v) is 5.14. The van der Waals surface area contributed by atoms with Crippen LogP contribution in [0.5, 0.6) is 0 Å². The third-order valence-electron chi connectivity index (χ3n) is 3.40. The Balaban J connectivity index is 2.37. The van der Waals surface area contributed by atoms with Crippen LogP contribution in [0, 0.1) is 20.8 Å². The first-order valence-corrected chi connectivity index (χ1v) is 8.15. The van der Waals surface area contributed by atoms with Crippen molar-refractivity contribution in [1.82, 2.24) is 4.72 Å². The van der Waals surface area contributed by atoms with Gasteiger partial charge < -0.3 is 10.2 Å². The number of rotatable bonds is 4. The molecule has 1 aromatic carbocycles. The van der Waals surface area contributed by atoms with Crippen molar-refractivity contribution >= 4 is 15.7 Å². The summed E-state index contributed by atoms with van der Waals surface area (Å²) in [5, 5.41) is 0. The topological polar surface area (TPSA) is 85.3 Å². The Labute approximate surface area is 125 Å². The zero-order valence-corrected chi connectivity index (χ0v) is 13.4. The van der Waals surface area contributed by atoms with Crippen molar-refractivity contribution in [2.75, 3.05) is 5.73 Å². The molecule has 1 aromatic heterocycles. The van der Waals surface area contributed by atoms with Crippen LogP contribution in [0.15, 0.2) is 33.6 Å². The molecule has 114 valence electrons. The first-order chi connectivity index (χ1) is 9.72. The van der Waals surface area contributed by atoms with Crippen molar-refractivity contribution < 1.29 is 12.8 Å². The second-order valence-electron chi connectivity index (χ2n) is 5.23. The van der Waals surface area contributed by atoms with Gasteiger partial charge in [-0.3, -0.25) is 0 Å². The summed E-state index contributed by atoms with van der Waals surface area (Å²) in [5.74, 6) is 1.31. The zero-order valence-electron chi connectivity index (χ0n) is 12.6. The SMILES string of the molecule is Cc1ccc(C(C)NS(=O)(=O)c2c(C)ccc(C)c2N)o1. The van der Waals surface area contributed by atoms with Crippen LogP contribution in [0.4, 0.5) is 5.69 Å². The number of nitrogens with two attached hydrogens (primary N) is 1. The van der Waals surface area contributed by atoms with Crippen LogP contribution in [-0.2, 0) is 10.0 Å². The highest BCUT2D eigenvalue weighted by molar-refractivity contribution is 7.89. The molecule has 3 N–H and O–H groups in total. The van der Waals surface area contributed by atoms with E-state index < -0.39 is 16.1 Å². The van der Waals surface area contributed by atoms with Crippen LogP contribution in [0.25, 0.3) is 0 Å². The van der Waals surface area contributed by atoms with Crippen molar-refractivity contribution in [2.45, 2.75) is 38.6 Å². The Kier molecular flexibility index (Phi) is 4.11. The molecule has 0 aliphatic rings. The molecule has 1 unspecified atom stereocenters. The maximum absolute atomic E-state index is 12.6. The van der Waals surface area contributed by atoms with Crippen molar-refractivity contribution in [2.24, 2.45) is 0 Å². The molecule has 1 heterocycles. The van der Waals surface area contributed by atoms with E-state index in [0.29, 0.717) is 11.3 Å². The molecule has 0 fully saturated rings. The van der Waals surface area contributed by atoms with Crippen LogP contribution in [0.1, 0.15) is 35.6 Å². The monoisotopic (exact) mass is 308 g/mol. The van der Waals surface area contributed by atoms with Crippen molar-refractivity contribution in [3.05, 3.63) is 46.9 Å². The molecule has 0 saturated heterocycles. The Morgan fingerprint density at radius 2 is 1.71 bits per heavy atom. The second kappa shape index (κ2) is 5.54. The molecule has 2 aromatic rings. The lowest BCUT2D eigenvalue weighted by Gasteiger charge is -2.16. The van der Waals surface area contributed by atoms with Crippen molar-refractivity contribution in [3.63, 3.8) is 0 Å². The largest absolute Gasteiger partial charge is 0.465 e. The molecule has 6 heteroatoms. The molecule has 1 atom stereocenters. The van der Waals surface area contributed by atoms with E-state index in [2.05, 4.69) is 4.72 Å². The molecule has 0 spiro atoms. The normalized spacial score (nSPS) is 13.3. The lowest BCUT2D eigenvalue weighted by molar-refractivity contribution is 0.441. The van der Waals surface area contributed by atoms with Gasteiger partial charge in [-0.25, -0.2) is 13.1 Å². The summed E-state index contributed by atoms with van der Waals surface area (Å²) >= 11 is 0. The lowest BCUT2D eigenvalue weighted by atomic mass is 10.1. The highest BCUT2D eigenvalue weighted by Crippen LogP contribution is 2.27. The van der Waals surface area contributed by atoms with Gasteiger partial charge in [0.15, 0.2) is 0 Å². The molecule has 0 saturated carbocycles. The van der Waals surface area contributed by atoms with Gasteiger partial charge in [-0.15, -0.1) is 0 Å². The van der Waals surface area contributed by atoms with Crippen LogP contribution < -0.4 is 10.5 Å². The van der Waals surface area contributed by atoms with Gasteiger partial charge >= 0.3 is 0 Å². The number of anilines is 1. The Bertz CT molecular complexity index is 763. The van der Waals surface area contributed by atoms with Gasteiger partial charge in [-0.2, -0.15) is 0 Å². The number of nitrogens with one attached hydrogen (secondary N) is 1. The van der Waals surface area contributed by atoms with E-state index in [1.165, 1.54) is 0 Å². The molecule has 0 amide bonds. The predicted octanol–water partition coefficient (Wildman–Crippen LogP) is 2.83. The number of nitrogen functional groups attached to an aromatic ring is 1. The third kappa shape index (κ3) is 3.11. The van der Waals surface area contributed by atoms with Gasteiger partial charge in [0.1, 0.15) is 16.4 Å². The van der Waals surface area contributed by atoms with E-state index >= 15 is 0 Å². The summed E-state index contributed by atoms with van der Waals surface area (Å²) < 4.78 is 33.2. The number of hydrogen-bond acceptors (Lipinski definition) is 4. The standard InChI is InChI=1S/C15H20N2O3S/c1-9-5-6-10(2)15(14(9)16)21(18,19)17-12(4)13-8-7-11(3)20-13/h5-8,12,17H,16H2,1-4H3. The fraction of sp³-hybridized carbons (Fsp3) is 0.333. The van der Waals surface area contributed by atoms with Gasteiger partial charge in [0.25, 0.3) is 0 Å². The van der Waals surface area contributed by atoms with E-state index in [0.717, 1.165) is 11.3 Å². The first-order valence-electron chi connectivity index (χ1n) is 6.66. The zero-order chi connectivity index (χ0) is 15.8. The number of hydrogen-bond donors (Lipinski definition) is 2. The molecule has 5 nitrogen and oxygen atoms in total. The smallest absolute Gasteiger partial charge is 0.243 e. The van der Waals surface area contributed by atoms with Crippen LogP contribution in [0.3, 0.4) is 0 Å². The maximum Gasteiger partial charge on any atom is 0.243 e. The highest BCUT2D eigenvalue weighted by Gasteiger charge is 2.24. The van der Waals surface area contributed by atoms with Gasteiger partial charge in [0, 0.05) is 0 Å². The quantitative estimate of drug-likeness (QED) is 0.850. The first kappa shape index (κ1) is 15.6. The molecular weight excluding hydrogens is 288 g/mol. The highest BCUT2D eigenvalue weighted by atomic mass is 32.2. The number of aryl methyl sites for hydroxylation is 3. The summed E-state index contributed by atoms with van der Waals surface area (Å²) in [5.41, 5.74) is 7.59. The second-order valence-corrected chi connectivity index (χ2v) is 6.88. The molecule has 2 rings (SSSR count). The minimum atomic E-state index is -3.72. The molecular formula is C15H20N2O3S. The average Bonchev–Trinajstić information content (AvgIpc) is 2.80. The van der Waals surface area contributed by atoms with Gasteiger partial charge in [0.05, 0.1) is 11.7 Å². The minimum absolute atomic E-state index is 0.137. The lowest BCUT2D eigenvalue weighted by Crippen LogP contribution is -2.28. The van der Waals surface area contributed by atoms with E-state index in [1.54, 1.807) is 39.0 Å². The van der Waals surface area contributed by atoms with Crippen LogP contribution in [0.2, 0.25) is 0 Å². The molecule has 0 aliphatic heterocycles. The van der Waals surface area contributed by atoms with Gasteiger partial charge in [-0.1, -0.05) is 12.1 Å².